The van der Waals surface area contributed by atoms with Gasteiger partial charge in [0.05, 0.1) is 9.82 Å². The van der Waals surface area contributed by atoms with Crippen LogP contribution in [0, 0.1) is 16.0 Å². The van der Waals surface area contributed by atoms with E-state index >= 15 is 0 Å². The fourth-order valence-corrected chi connectivity index (χ4v) is 4.60. The number of aliphatic hydroxyl groups is 1. The van der Waals surface area contributed by atoms with Crippen molar-refractivity contribution in [2.24, 2.45) is 5.92 Å². The Morgan fingerprint density at radius 3 is 2.17 bits per heavy atom. The van der Waals surface area contributed by atoms with Gasteiger partial charge in [0.1, 0.15) is 12.1 Å². The summed E-state index contributed by atoms with van der Waals surface area (Å²) in [6.07, 6.45) is -0.434. The van der Waals surface area contributed by atoms with Gasteiger partial charge >= 0.3 is 0 Å². The molecule has 0 spiro atoms. The molecule has 29 heavy (non-hydrogen) atoms. The highest BCUT2D eigenvalue weighted by Crippen LogP contribution is 2.21. The molecule has 1 unspecified atom stereocenters. The number of nitro benzene ring substituents is 1. The number of sulfonamides is 1. The van der Waals surface area contributed by atoms with Crippen molar-refractivity contribution in [3.8, 4) is 0 Å². The van der Waals surface area contributed by atoms with E-state index in [-0.39, 0.29) is 35.6 Å². The Morgan fingerprint density at radius 2 is 1.66 bits per heavy atom. The lowest BCUT2D eigenvalue weighted by Crippen LogP contribution is -2.69. The lowest BCUT2D eigenvalue weighted by Gasteiger charge is -2.27. The molecular weight excluding hydrogens is 394 g/mol. The second-order valence-corrected chi connectivity index (χ2v) is 9.42. The van der Waals surface area contributed by atoms with Crippen molar-refractivity contribution < 1.29 is 24.2 Å². The van der Waals surface area contributed by atoms with Crippen molar-refractivity contribution in [3.63, 3.8) is 0 Å². The number of nitrogens with zero attached hydrogens (tertiary/aromatic N) is 2. The van der Waals surface area contributed by atoms with Crippen LogP contribution < -0.4 is 5.73 Å². The van der Waals surface area contributed by atoms with Gasteiger partial charge in [-0.15, -0.1) is 0 Å². The van der Waals surface area contributed by atoms with Crippen LogP contribution in [-0.4, -0.2) is 48.0 Å². The highest BCUT2D eigenvalue weighted by atomic mass is 32.2. The van der Waals surface area contributed by atoms with Crippen molar-refractivity contribution in [1.82, 2.24) is 4.31 Å². The Labute approximate surface area is 171 Å². The molecule has 0 aromatic heterocycles. The van der Waals surface area contributed by atoms with Crippen LogP contribution in [0.5, 0.6) is 0 Å². The number of benzene rings is 2. The third-order valence-corrected chi connectivity index (χ3v) is 6.38. The number of quaternary nitrogens is 1. The van der Waals surface area contributed by atoms with Crippen molar-refractivity contribution >= 4 is 15.7 Å². The molecule has 0 aliphatic rings. The lowest BCUT2D eigenvalue weighted by atomic mass is 10.0. The summed E-state index contributed by atoms with van der Waals surface area (Å²) in [5.41, 5.74) is 4.84. The normalized spacial score (nSPS) is 14.1. The van der Waals surface area contributed by atoms with Gasteiger partial charge in [0.15, 0.2) is 0 Å². The van der Waals surface area contributed by atoms with E-state index in [4.69, 9.17) is 0 Å². The van der Waals surface area contributed by atoms with Crippen molar-refractivity contribution in [2.45, 2.75) is 37.3 Å². The minimum atomic E-state index is -3.92. The van der Waals surface area contributed by atoms with E-state index in [0.29, 0.717) is 6.42 Å². The fourth-order valence-electron chi connectivity index (χ4n) is 2.98. The molecule has 2 aromatic rings. The van der Waals surface area contributed by atoms with E-state index in [1.54, 1.807) is 0 Å². The Kier molecular flexibility index (Phi) is 7.86. The zero-order valence-electron chi connectivity index (χ0n) is 16.6. The smallest absolute Gasteiger partial charge is 0.269 e. The summed E-state index contributed by atoms with van der Waals surface area (Å²) in [7, 11) is -3.92. The number of nitro groups is 1. The number of hydrogen-bond donors (Lipinski definition) is 2. The zero-order chi connectivity index (χ0) is 21.6. The molecule has 0 saturated carbocycles. The standard InChI is InChI=1S/C20H27N3O5S/c1-15(2)13-22(14-20(24)19(21)12-16-6-4-3-5-7-16)29(27,28)18-10-8-17(9-11-18)23(25)26/h3-11,15,19-20,24H,12-14,21H2,1-2H3/p+1/t19-,20?/m0/s1. The molecule has 9 heteroatoms. The highest BCUT2D eigenvalue weighted by Gasteiger charge is 2.31. The van der Waals surface area contributed by atoms with E-state index in [0.717, 1.165) is 17.7 Å². The monoisotopic (exact) mass is 422 g/mol. The maximum Gasteiger partial charge on any atom is 0.269 e. The number of aliphatic hydroxyl groups excluding tert-OH is 1. The quantitative estimate of drug-likeness (QED) is 0.442. The molecule has 2 rings (SSSR count). The predicted molar refractivity (Wildman–Crippen MR) is 110 cm³/mol. The van der Waals surface area contributed by atoms with Crippen LogP contribution in [0.4, 0.5) is 5.69 Å². The molecule has 0 saturated heterocycles. The number of non-ortho nitro benzene ring substituents is 1. The van der Waals surface area contributed by atoms with Gasteiger partial charge in [-0.3, -0.25) is 10.1 Å². The maximum absolute atomic E-state index is 13.1. The predicted octanol–water partition coefficient (Wildman–Crippen LogP) is 1.46. The topological polar surface area (TPSA) is 128 Å². The molecule has 0 heterocycles. The second-order valence-electron chi connectivity index (χ2n) is 7.48. The molecule has 2 aromatic carbocycles. The maximum atomic E-state index is 13.1. The molecule has 0 aliphatic carbocycles. The zero-order valence-corrected chi connectivity index (χ0v) is 17.5. The third kappa shape index (κ3) is 6.33. The average Bonchev–Trinajstić information content (AvgIpc) is 2.67. The van der Waals surface area contributed by atoms with Gasteiger partial charge in [0.2, 0.25) is 10.0 Å². The van der Waals surface area contributed by atoms with Crippen molar-refractivity contribution in [2.75, 3.05) is 13.1 Å². The molecule has 0 bridgehead atoms. The molecule has 4 N–H and O–H groups in total. The van der Waals surface area contributed by atoms with Gasteiger partial charge in [0, 0.05) is 31.6 Å². The SMILES string of the molecule is CC(C)CN(CC(O)[C@@H]([NH3+])Cc1ccccc1)S(=O)(=O)c1ccc([N+](=O)[O-])cc1. The molecular formula is C20H28N3O5S+. The number of rotatable bonds is 10. The molecule has 0 amide bonds. The number of hydrogen-bond acceptors (Lipinski definition) is 5. The molecule has 0 aliphatic heterocycles. The van der Waals surface area contributed by atoms with Crippen molar-refractivity contribution in [1.29, 1.82) is 0 Å². The summed E-state index contributed by atoms with van der Waals surface area (Å²) in [4.78, 5) is 10.2. The van der Waals surface area contributed by atoms with Crippen LogP contribution in [0.1, 0.15) is 19.4 Å². The molecule has 8 nitrogen and oxygen atoms in total. The second kappa shape index (κ2) is 9.93. The van der Waals surface area contributed by atoms with Gasteiger partial charge in [0.25, 0.3) is 5.69 Å². The minimum absolute atomic E-state index is 0.0346. The first-order chi connectivity index (χ1) is 13.6. The Balaban J connectivity index is 2.19. The van der Waals surface area contributed by atoms with Crippen LogP contribution >= 0.6 is 0 Å². The summed E-state index contributed by atoms with van der Waals surface area (Å²) < 4.78 is 27.4. The first-order valence-electron chi connectivity index (χ1n) is 9.41. The lowest BCUT2D eigenvalue weighted by molar-refractivity contribution is -0.437. The Bertz CT molecular complexity index is 901. The van der Waals surface area contributed by atoms with Gasteiger partial charge in [-0.05, 0) is 23.6 Å². The first kappa shape index (κ1) is 23.0. The molecule has 158 valence electrons. The van der Waals surface area contributed by atoms with Gasteiger partial charge in [-0.1, -0.05) is 44.2 Å². The summed E-state index contributed by atoms with van der Waals surface area (Å²) in [5, 5.41) is 21.4. The van der Waals surface area contributed by atoms with Gasteiger partial charge < -0.3 is 10.8 Å². The van der Waals surface area contributed by atoms with Crippen LogP contribution in [0.3, 0.4) is 0 Å². The summed E-state index contributed by atoms with van der Waals surface area (Å²) in [5.74, 6) is 0.0346. The van der Waals surface area contributed by atoms with E-state index in [9.17, 15) is 23.6 Å². The van der Waals surface area contributed by atoms with E-state index in [1.807, 2.05) is 44.2 Å². The molecule has 0 radical (unpaired) electrons. The summed E-state index contributed by atoms with van der Waals surface area (Å²) >= 11 is 0. The summed E-state index contributed by atoms with van der Waals surface area (Å²) in [6, 6.07) is 14.0. The molecule has 0 fully saturated rings. The van der Waals surface area contributed by atoms with Crippen molar-refractivity contribution in [3.05, 3.63) is 70.3 Å². The van der Waals surface area contributed by atoms with Crippen LogP contribution in [0.15, 0.2) is 59.5 Å². The van der Waals surface area contributed by atoms with E-state index in [2.05, 4.69) is 5.73 Å². The first-order valence-corrected chi connectivity index (χ1v) is 10.8. The van der Waals surface area contributed by atoms with Gasteiger partial charge in [-0.2, -0.15) is 4.31 Å². The minimum Gasteiger partial charge on any atom is -0.386 e. The largest absolute Gasteiger partial charge is 0.386 e. The fraction of sp³-hybridized carbons (Fsp3) is 0.400. The van der Waals surface area contributed by atoms with Gasteiger partial charge in [-0.25, -0.2) is 8.42 Å². The summed E-state index contributed by atoms with van der Waals surface area (Å²) in [6.45, 7) is 3.89. The average molecular weight is 423 g/mol. The van der Waals surface area contributed by atoms with Crippen LogP contribution in [0.2, 0.25) is 0 Å². The Morgan fingerprint density at radius 1 is 1.07 bits per heavy atom. The van der Waals surface area contributed by atoms with Crippen LogP contribution in [0.25, 0.3) is 0 Å². The Hall–Kier alpha value is -2.33. The third-order valence-electron chi connectivity index (χ3n) is 4.53. The highest BCUT2D eigenvalue weighted by molar-refractivity contribution is 7.89. The van der Waals surface area contributed by atoms with E-state index in [1.165, 1.54) is 16.4 Å². The van der Waals surface area contributed by atoms with E-state index < -0.39 is 21.1 Å². The van der Waals surface area contributed by atoms with Crippen LogP contribution in [-0.2, 0) is 16.4 Å². The molecule has 2 atom stereocenters.